The Hall–Kier alpha value is -6.97. The Balaban J connectivity index is 0.000000147. The number of ketones is 1. The van der Waals surface area contributed by atoms with Crippen LogP contribution in [0, 0.1) is 14.3 Å². The fourth-order valence-electron chi connectivity index (χ4n) is 12.5. The Morgan fingerprint density at radius 1 is 0.365 bits per heavy atom. The predicted molar refractivity (Wildman–Crippen MR) is 502 cm³/mol. The van der Waals surface area contributed by atoms with Crippen molar-refractivity contribution in [1.29, 1.82) is 0 Å². The van der Waals surface area contributed by atoms with Crippen LogP contribution in [0.4, 0.5) is 0 Å². The van der Waals surface area contributed by atoms with E-state index in [1.165, 1.54) is 14.7 Å². The number of aromatic nitrogens is 4. The molecule has 0 spiro atoms. The SMILES string of the molecule is CNCC(O)(c1ccc(Cl)cc1)c1ccc(-c2cn[nH]c2)cc1.CNCC(O)(c1ccc(Cl)cc1)c1ccc(I)cc1.Clc1ccc(C2(c3ccc(I)cc3)CO2)cc1.NCC(O)(c1ccc(Cl)cc1)c1ccc(-c2cn[nH]c2)cc1.NCC(O)(c1ccc(Cl)cc1)c1ccc(I)cc1.O=C(c1ccc(Cl)cc1)c1ccc(I)cc1. The highest BCUT2D eigenvalue weighted by Crippen LogP contribution is 2.46. The summed E-state index contributed by atoms with van der Waals surface area (Å²) in [4.78, 5) is 12.0. The molecule has 5 unspecified atom stereocenters. The molecule has 14 aromatic rings. The molecule has 12 N–H and O–H groups in total. The lowest BCUT2D eigenvalue weighted by atomic mass is 9.85. The second-order valence-corrected chi connectivity index (χ2v) is 34.2. The number of halogens is 10. The molecular weight excluding hydrogens is 2020 g/mol. The first-order valence-electron chi connectivity index (χ1n) is 35.8. The Morgan fingerprint density at radius 3 is 0.835 bits per heavy atom. The zero-order chi connectivity index (χ0) is 82.3. The molecule has 0 amide bonds. The molecule has 0 aliphatic carbocycles. The zero-order valence-corrected chi connectivity index (χ0v) is 75.2. The van der Waals surface area contributed by atoms with Crippen LogP contribution in [0.25, 0.3) is 22.3 Å². The van der Waals surface area contributed by atoms with Crippen molar-refractivity contribution < 1.29 is 30.0 Å². The standard InChI is InChI=1S/C18H18ClN3O.C17H16ClN3O.C15H15ClINO.C14H13ClINO.C14H10ClIO.C13H8ClIO/c1-20-12-18(23,16-6-8-17(19)9-7-16)15-4-2-13(3-5-15)14-10-21-22-11-14;18-16-7-5-15(6-8-16)17(22,11-19)14-3-1-12(2-4-14)13-9-20-21-10-13;1-18-10-15(19,11-2-6-13(16)7-3-11)12-4-8-14(17)9-5-12;15-12-5-1-10(2-6-12)14(18,9-17)11-3-7-13(16)8-4-11;15-12-5-1-10(2-6-12)14(9-17-14)11-3-7-13(16)8-4-11;14-11-5-1-9(2-6-11)13(16)10-3-7-12(15)8-4-10/h2-11,20,23H,12H2,1H3,(H,21,22);1-10,22H,11,19H2,(H,20,21);2-9,18-19H,10H2,1H3;1-8,18H,9,17H2;1-8H,9H2;1-8H. The quantitative estimate of drug-likeness (QED) is 0.0195. The minimum absolute atomic E-state index is 0.0214. The molecule has 1 fully saturated rings. The van der Waals surface area contributed by atoms with Crippen molar-refractivity contribution in [3.63, 3.8) is 0 Å². The smallest absolute Gasteiger partial charge is 0.193 e. The summed E-state index contributed by atoms with van der Waals surface area (Å²) in [6.07, 6.45) is 7.19. The molecule has 1 saturated heterocycles. The van der Waals surface area contributed by atoms with Crippen LogP contribution in [0.2, 0.25) is 30.1 Å². The number of aromatic amines is 2. The minimum atomic E-state index is -1.24. The molecule has 12 aromatic carbocycles. The summed E-state index contributed by atoms with van der Waals surface area (Å²) in [6, 6.07) is 90.6. The van der Waals surface area contributed by atoms with Gasteiger partial charge in [0.05, 0.1) is 19.0 Å². The summed E-state index contributed by atoms with van der Waals surface area (Å²) in [7, 11) is 3.65. The molecule has 0 saturated carbocycles. The molecule has 1 aliphatic rings. The van der Waals surface area contributed by atoms with Crippen LogP contribution in [0.3, 0.4) is 0 Å². The first-order chi connectivity index (χ1) is 55.2. The first-order valence-corrected chi connectivity index (χ1v) is 42.4. The van der Waals surface area contributed by atoms with Crippen molar-refractivity contribution in [2.24, 2.45) is 11.5 Å². The molecule has 15 rings (SSSR count). The second kappa shape index (κ2) is 42.6. The molecular formula is C91H80Cl6I4N8O6. The highest BCUT2D eigenvalue weighted by atomic mass is 127. The second-order valence-electron chi connectivity index (χ2n) is 26.6. The van der Waals surface area contributed by atoms with Gasteiger partial charge in [-0.3, -0.25) is 15.0 Å². The van der Waals surface area contributed by atoms with E-state index in [0.29, 0.717) is 49.3 Å². The lowest BCUT2D eigenvalue weighted by Gasteiger charge is -2.29. The first kappa shape index (κ1) is 90.4. The lowest BCUT2D eigenvalue weighted by molar-refractivity contribution is 0.0820. The van der Waals surface area contributed by atoms with Crippen molar-refractivity contribution in [3.05, 3.63) is 427 Å². The van der Waals surface area contributed by atoms with E-state index in [-0.39, 0.29) is 24.5 Å². The predicted octanol–water partition coefficient (Wildman–Crippen LogP) is 21.0. The zero-order valence-electron chi connectivity index (χ0n) is 62.0. The van der Waals surface area contributed by atoms with Gasteiger partial charge in [0, 0.05) is 105 Å². The van der Waals surface area contributed by atoms with Crippen LogP contribution < -0.4 is 22.1 Å². The minimum Gasteiger partial charge on any atom is -0.379 e. The summed E-state index contributed by atoms with van der Waals surface area (Å²) in [5.74, 6) is 0.0214. The van der Waals surface area contributed by atoms with Crippen molar-refractivity contribution >= 4 is 166 Å². The van der Waals surface area contributed by atoms with Gasteiger partial charge in [0.25, 0.3) is 0 Å². The number of nitrogens with two attached hydrogens (primary N) is 2. The van der Waals surface area contributed by atoms with E-state index in [2.05, 4.69) is 146 Å². The van der Waals surface area contributed by atoms with Gasteiger partial charge in [-0.05, 0) is 317 Å². The number of nitrogens with zero attached hydrogens (tertiary/aromatic N) is 2. The number of carbonyl (C=O) groups excluding carboxylic acids is 1. The third kappa shape index (κ3) is 24.0. The Morgan fingerprint density at radius 2 is 0.583 bits per heavy atom. The molecule has 5 atom stereocenters. The molecule has 0 bridgehead atoms. The summed E-state index contributed by atoms with van der Waals surface area (Å²) >= 11 is 44.3. The lowest BCUT2D eigenvalue weighted by Crippen LogP contribution is -2.37. The van der Waals surface area contributed by atoms with E-state index in [9.17, 15) is 25.2 Å². The number of H-pyrrole nitrogens is 2. The largest absolute Gasteiger partial charge is 0.379 e. The van der Waals surface area contributed by atoms with Gasteiger partial charge in [0.15, 0.2) is 5.78 Å². The number of epoxide rings is 1. The number of benzene rings is 12. The number of hydrogen-bond acceptors (Lipinski definition) is 12. The van der Waals surface area contributed by atoms with Gasteiger partial charge >= 0.3 is 0 Å². The fraction of sp³-hybridized carbons (Fsp3) is 0.132. The van der Waals surface area contributed by atoms with Crippen molar-refractivity contribution in [2.45, 2.75) is 28.0 Å². The topological polar surface area (TPSA) is 244 Å². The summed E-state index contributed by atoms with van der Waals surface area (Å²) in [5.41, 5.74) is 20.9. The van der Waals surface area contributed by atoms with E-state index >= 15 is 0 Å². The maximum atomic E-state index is 12.0. The van der Waals surface area contributed by atoms with Gasteiger partial charge in [-0.2, -0.15) is 10.2 Å². The molecule has 0 radical (unpaired) electrons. The number of aliphatic hydroxyl groups is 4. The molecule has 14 nitrogen and oxygen atoms in total. The van der Waals surface area contributed by atoms with Crippen molar-refractivity contribution in [1.82, 2.24) is 31.0 Å². The van der Waals surface area contributed by atoms with Gasteiger partial charge in [-0.25, -0.2) is 0 Å². The van der Waals surface area contributed by atoms with E-state index in [1.54, 1.807) is 109 Å². The Bertz CT molecular complexity index is 5140. The van der Waals surface area contributed by atoms with Crippen LogP contribution in [-0.4, -0.2) is 93.5 Å². The average molecular weight is 2100 g/mol. The Kier molecular flexibility index (Phi) is 33.5. The maximum Gasteiger partial charge on any atom is 0.193 e. The molecule has 2 aromatic heterocycles. The number of nitrogens with one attached hydrogen (secondary N) is 4. The highest BCUT2D eigenvalue weighted by Gasteiger charge is 2.48. The summed E-state index contributed by atoms with van der Waals surface area (Å²) < 4.78 is 10.3. The molecule has 590 valence electrons. The maximum absolute atomic E-state index is 12.0. The van der Waals surface area contributed by atoms with E-state index in [0.717, 1.165) is 89.1 Å². The van der Waals surface area contributed by atoms with Crippen molar-refractivity contribution in [3.8, 4) is 22.3 Å². The number of ether oxygens (including phenoxy) is 1. The third-order valence-electron chi connectivity index (χ3n) is 19.0. The Labute approximate surface area is 754 Å². The van der Waals surface area contributed by atoms with Crippen LogP contribution in [0.15, 0.2) is 316 Å². The van der Waals surface area contributed by atoms with E-state index in [1.807, 2.05) is 196 Å². The van der Waals surface area contributed by atoms with Gasteiger partial charge in [-0.15, -0.1) is 0 Å². The summed E-state index contributed by atoms with van der Waals surface area (Å²) in [5, 5.41) is 67.6. The van der Waals surface area contributed by atoms with Gasteiger partial charge in [0.2, 0.25) is 0 Å². The van der Waals surface area contributed by atoms with Gasteiger partial charge in [0.1, 0.15) is 28.0 Å². The van der Waals surface area contributed by atoms with E-state index < -0.39 is 22.4 Å². The molecule has 24 heteroatoms. The van der Waals surface area contributed by atoms with Crippen LogP contribution in [-0.2, 0) is 32.7 Å². The highest BCUT2D eigenvalue weighted by molar-refractivity contribution is 14.1. The fourth-order valence-corrected chi connectivity index (χ4v) is 14.7. The van der Waals surface area contributed by atoms with Gasteiger partial charge in [-0.1, -0.05) is 215 Å². The summed E-state index contributed by atoms with van der Waals surface area (Å²) in [6.45, 7) is 1.79. The molecule has 3 heterocycles. The van der Waals surface area contributed by atoms with Crippen LogP contribution >= 0.6 is 160 Å². The number of carbonyl (C=O) groups is 1. The van der Waals surface area contributed by atoms with Gasteiger partial charge < -0.3 is 47.3 Å². The van der Waals surface area contributed by atoms with Crippen LogP contribution in [0.5, 0.6) is 0 Å². The molecule has 1 aliphatic heterocycles. The average Bonchev–Trinajstić information content (AvgIpc) is 1.58. The normalized spacial score (nSPS) is 14.7. The van der Waals surface area contributed by atoms with Crippen molar-refractivity contribution in [2.75, 3.05) is 46.9 Å². The molecule has 115 heavy (non-hydrogen) atoms. The number of rotatable bonds is 20. The third-order valence-corrected chi connectivity index (χ3v) is 23.4. The number of likely N-dealkylation sites (N-methyl/N-ethyl adjacent to an activating group) is 2. The van der Waals surface area contributed by atoms with E-state index in [4.69, 9.17) is 85.8 Å². The van der Waals surface area contributed by atoms with Crippen LogP contribution in [0.1, 0.15) is 71.6 Å². The monoisotopic (exact) mass is 2100 g/mol. The number of hydrogen-bond donors (Lipinski definition) is 10.